The van der Waals surface area contributed by atoms with Gasteiger partial charge in [0.2, 0.25) is 5.82 Å². The molecule has 0 unspecified atom stereocenters. The summed E-state index contributed by atoms with van der Waals surface area (Å²) in [5.74, 6) is 1.01. The van der Waals surface area contributed by atoms with Crippen LogP contribution in [0.2, 0.25) is 0 Å². The minimum absolute atomic E-state index is 0.486. The van der Waals surface area contributed by atoms with Gasteiger partial charge in [-0.3, -0.25) is 4.68 Å². The number of rotatable bonds is 3. The second-order valence-electron chi connectivity index (χ2n) is 5.61. The van der Waals surface area contributed by atoms with E-state index in [4.69, 9.17) is 10.3 Å². The third kappa shape index (κ3) is 2.41. The van der Waals surface area contributed by atoms with Crippen LogP contribution in [0, 0.1) is 6.92 Å². The first kappa shape index (κ1) is 14.8. The Hall–Kier alpha value is -2.15. The zero-order valence-electron chi connectivity index (χ0n) is 12.5. The first-order valence-corrected chi connectivity index (χ1v) is 7.59. The third-order valence-corrected chi connectivity index (χ3v) is 4.10. The molecule has 0 atom stereocenters. The molecule has 0 spiro atoms. The van der Waals surface area contributed by atoms with Gasteiger partial charge in [0.1, 0.15) is 5.54 Å². The number of nitrogen functional groups attached to an aromatic ring is 1. The van der Waals surface area contributed by atoms with Crippen molar-refractivity contribution in [3.05, 3.63) is 46.5 Å². The highest BCUT2D eigenvalue weighted by atomic mass is 79.9. The van der Waals surface area contributed by atoms with Crippen molar-refractivity contribution in [2.45, 2.75) is 26.3 Å². The van der Waals surface area contributed by atoms with E-state index in [1.54, 1.807) is 10.9 Å². The Bertz CT molecular complexity index is 821. The molecule has 2 N–H and O–H groups in total. The van der Waals surface area contributed by atoms with Crippen LogP contribution in [0.4, 0.5) is 5.69 Å². The zero-order valence-corrected chi connectivity index (χ0v) is 14.1. The lowest BCUT2D eigenvalue weighted by Gasteiger charge is -2.20. The van der Waals surface area contributed by atoms with Crippen molar-refractivity contribution in [3.8, 4) is 11.4 Å². The summed E-state index contributed by atoms with van der Waals surface area (Å²) in [4.78, 5) is 4.53. The van der Waals surface area contributed by atoms with Gasteiger partial charge in [0.05, 0.1) is 10.7 Å². The average Bonchev–Trinajstić information content (AvgIpc) is 3.11. The number of anilines is 1. The summed E-state index contributed by atoms with van der Waals surface area (Å²) >= 11 is 3.39. The summed E-state index contributed by atoms with van der Waals surface area (Å²) in [6, 6.07) is 5.66. The molecule has 0 saturated carbocycles. The van der Waals surface area contributed by atoms with Crippen molar-refractivity contribution >= 4 is 21.6 Å². The molecular formula is C15H16BrN5O. The number of hydrogen-bond donors (Lipinski definition) is 1. The van der Waals surface area contributed by atoms with Crippen molar-refractivity contribution < 1.29 is 4.52 Å². The first-order valence-electron chi connectivity index (χ1n) is 6.80. The Kier molecular flexibility index (Phi) is 3.52. The number of aromatic nitrogens is 4. The van der Waals surface area contributed by atoms with Gasteiger partial charge in [-0.15, -0.1) is 0 Å². The SMILES string of the molecule is Cc1c(N)cccc1-c1noc(C(C)(C)n2cc(Br)cn2)n1. The lowest BCUT2D eigenvalue weighted by Crippen LogP contribution is -2.28. The normalized spacial score (nSPS) is 11.8. The molecule has 0 saturated heterocycles. The van der Waals surface area contributed by atoms with E-state index in [2.05, 4.69) is 31.2 Å². The fraction of sp³-hybridized carbons (Fsp3) is 0.267. The maximum Gasteiger partial charge on any atom is 0.254 e. The van der Waals surface area contributed by atoms with Crippen molar-refractivity contribution in [3.63, 3.8) is 0 Å². The van der Waals surface area contributed by atoms with Gasteiger partial charge in [0.25, 0.3) is 5.89 Å². The predicted octanol–water partition coefficient (Wildman–Crippen LogP) is 3.37. The molecule has 1 aromatic carbocycles. The van der Waals surface area contributed by atoms with Crippen molar-refractivity contribution in [1.82, 2.24) is 19.9 Å². The topological polar surface area (TPSA) is 82.8 Å². The van der Waals surface area contributed by atoms with Crippen LogP contribution < -0.4 is 5.73 Å². The Morgan fingerprint density at radius 1 is 1.32 bits per heavy atom. The molecule has 0 aliphatic rings. The minimum atomic E-state index is -0.550. The summed E-state index contributed by atoms with van der Waals surface area (Å²) in [5.41, 5.74) is 7.90. The third-order valence-electron chi connectivity index (χ3n) is 3.69. The molecule has 7 heteroatoms. The van der Waals surface area contributed by atoms with E-state index in [1.807, 2.05) is 45.2 Å². The summed E-state index contributed by atoms with van der Waals surface area (Å²) in [6.45, 7) is 5.88. The Morgan fingerprint density at radius 3 is 2.77 bits per heavy atom. The molecule has 3 rings (SSSR count). The van der Waals surface area contributed by atoms with Gasteiger partial charge in [-0.2, -0.15) is 10.1 Å². The van der Waals surface area contributed by atoms with Gasteiger partial charge in [-0.1, -0.05) is 17.3 Å². The fourth-order valence-electron chi connectivity index (χ4n) is 2.18. The van der Waals surface area contributed by atoms with Crippen LogP contribution in [0.25, 0.3) is 11.4 Å². The van der Waals surface area contributed by atoms with Crippen LogP contribution in [0.3, 0.4) is 0 Å². The second-order valence-corrected chi connectivity index (χ2v) is 6.52. The van der Waals surface area contributed by atoms with Gasteiger partial charge in [-0.05, 0) is 48.3 Å². The highest BCUT2D eigenvalue weighted by molar-refractivity contribution is 9.10. The first-order chi connectivity index (χ1) is 10.4. The standard InChI is InChI=1S/C15H16BrN5O/c1-9-11(5-4-6-12(9)17)13-19-14(22-20-13)15(2,3)21-8-10(16)7-18-21/h4-8H,17H2,1-3H3. The van der Waals surface area contributed by atoms with Crippen LogP contribution in [0.15, 0.2) is 39.6 Å². The lowest BCUT2D eigenvalue weighted by atomic mass is 10.1. The van der Waals surface area contributed by atoms with Crippen molar-refractivity contribution in [2.24, 2.45) is 0 Å². The van der Waals surface area contributed by atoms with E-state index in [0.717, 1.165) is 15.6 Å². The fourth-order valence-corrected chi connectivity index (χ4v) is 2.47. The van der Waals surface area contributed by atoms with Gasteiger partial charge >= 0.3 is 0 Å². The van der Waals surface area contributed by atoms with E-state index in [-0.39, 0.29) is 0 Å². The van der Waals surface area contributed by atoms with Crippen LogP contribution in [-0.4, -0.2) is 19.9 Å². The highest BCUT2D eigenvalue weighted by Gasteiger charge is 2.31. The van der Waals surface area contributed by atoms with Crippen LogP contribution in [-0.2, 0) is 5.54 Å². The van der Waals surface area contributed by atoms with Crippen LogP contribution >= 0.6 is 15.9 Å². The molecule has 0 amide bonds. The van der Waals surface area contributed by atoms with E-state index in [9.17, 15) is 0 Å². The molecule has 114 valence electrons. The van der Waals surface area contributed by atoms with Gasteiger partial charge in [0.15, 0.2) is 0 Å². The van der Waals surface area contributed by atoms with Gasteiger partial charge in [-0.25, -0.2) is 0 Å². The monoisotopic (exact) mass is 361 g/mol. The molecule has 22 heavy (non-hydrogen) atoms. The lowest BCUT2D eigenvalue weighted by molar-refractivity contribution is 0.261. The van der Waals surface area contributed by atoms with Crippen molar-refractivity contribution in [2.75, 3.05) is 5.73 Å². The number of nitrogens with two attached hydrogens (primary N) is 1. The Labute approximate surface area is 136 Å². The quantitative estimate of drug-likeness (QED) is 0.723. The molecule has 2 heterocycles. The molecule has 2 aromatic heterocycles. The summed E-state index contributed by atoms with van der Waals surface area (Å²) in [6.07, 6.45) is 3.59. The minimum Gasteiger partial charge on any atom is -0.398 e. The zero-order chi connectivity index (χ0) is 15.9. The summed E-state index contributed by atoms with van der Waals surface area (Å²) in [5, 5.41) is 8.39. The average molecular weight is 362 g/mol. The van der Waals surface area contributed by atoms with E-state index < -0.39 is 5.54 Å². The largest absolute Gasteiger partial charge is 0.398 e. The Morgan fingerprint density at radius 2 is 2.09 bits per heavy atom. The van der Waals surface area contributed by atoms with E-state index in [1.165, 1.54) is 0 Å². The second kappa shape index (κ2) is 5.24. The summed E-state index contributed by atoms with van der Waals surface area (Å²) in [7, 11) is 0. The van der Waals surface area contributed by atoms with E-state index >= 15 is 0 Å². The molecule has 0 bridgehead atoms. The number of benzene rings is 1. The highest BCUT2D eigenvalue weighted by Crippen LogP contribution is 2.29. The molecule has 6 nitrogen and oxygen atoms in total. The van der Waals surface area contributed by atoms with E-state index in [0.29, 0.717) is 17.4 Å². The molecule has 0 aliphatic carbocycles. The molecular weight excluding hydrogens is 346 g/mol. The molecule has 0 aliphatic heterocycles. The number of hydrogen-bond acceptors (Lipinski definition) is 5. The van der Waals surface area contributed by atoms with Gasteiger partial charge < -0.3 is 10.3 Å². The number of halogens is 1. The number of nitrogens with zero attached hydrogens (tertiary/aromatic N) is 4. The maximum atomic E-state index is 5.94. The van der Waals surface area contributed by atoms with Crippen LogP contribution in [0.1, 0.15) is 25.3 Å². The van der Waals surface area contributed by atoms with Crippen molar-refractivity contribution in [1.29, 1.82) is 0 Å². The Balaban J connectivity index is 2.02. The molecule has 0 radical (unpaired) electrons. The van der Waals surface area contributed by atoms with Gasteiger partial charge in [0, 0.05) is 17.4 Å². The predicted molar refractivity (Wildman–Crippen MR) is 87.2 cm³/mol. The molecule has 0 fully saturated rings. The van der Waals surface area contributed by atoms with Crippen LogP contribution in [0.5, 0.6) is 0 Å². The maximum absolute atomic E-state index is 5.94. The molecule has 3 aromatic rings. The smallest absolute Gasteiger partial charge is 0.254 e. The summed E-state index contributed by atoms with van der Waals surface area (Å²) < 4.78 is 8.14.